The van der Waals surface area contributed by atoms with Crippen LogP contribution in [0.4, 0.5) is 5.69 Å². The maximum Gasteiger partial charge on any atom is 0.241 e. The zero-order valence-electron chi connectivity index (χ0n) is 16.7. The van der Waals surface area contributed by atoms with Crippen molar-refractivity contribution in [2.45, 2.75) is 19.5 Å². The molecule has 5 nitrogen and oxygen atoms in total. The standard InChI is InChI=1S/C23H26N2O3/c1-16(25(2)15-19-10-12-21(27-3)14-22(19)28-4)23(26)24-20-11-9-17-7-5-6-8-18(17)13-20/h5-14,16H,15H2,1-4H3,(H,24,26). The number of nitrogens with zero attached hydrogens (tertiary/aromatic N) is 1. The summed E-state index contributed by atoms with van der Waals surface area (Å²) in [7, 11) is 5.18. The van der Waals surface area contributed by atoms with Gasteiger partial charge in [0.05, 0.1) is 20.3 Å². The molecule has 1 amide bonds. The summed E-state index contributed by atoms with van der Waals surface area (Å²) in [4.78, 5) is 14.7. The molecule has 0 bridgehead atoms. The van der Waals surface area contributed by atoms with E-state index in [9.17, 15) is 4.79 Å². The maximum atomic E-state index is 12.7. The van der Waals surface area contributed by atoms with E-state index in [2.05, 4.69) is 11.4 Å². The van der Waals surface area contributed by atoms with Crippen molar-refractivity contribution in [2.75, 3.05) is 26.6 Å². The van der Waals surface area contributed by atoms with Gasteiger partial charge in [-0.3, -0.25) is 9.69 Å². The van der Waals surface area contributed by atoms with Crippen LogP contribution in [0.1, 0.15) is 12.5 Å². The fraction of sp³-hybridized carbons (Fsp3) is 0.261. The number of fused-ring (bicyclic) bond motifs is 1. The third-order valence-electron chi connectivity index (χ3n) is 4.97. The van der Waals surface area contributed by atoms with Crippen LogP contribution in [0.25, 0.3) is 10.8 Å². The predicted molar refractivity (Wildman–Crippen MR) is 113 cm³/mol. The number of methoxy groups -OCH3 is 2. The third kappa shape index (κ3) is 4.43. The number of benzene rings is 3. The molecule has 28 heavy (non-hydrogen) atoms. The second-order valence-electron chi connectivity index (χ2n) is 6.82. The van der Waals surface area contributed by atoms with Crippen molar-refractivity contribution in [3.63, 3.8) is 0 Å². The van der Waals surface area contributed by atoms with Gasteiger partial charge in [-0.15, -0.1) is 0 Å². The first kappa shape index (κ1) is 19.7. The number of carbonyl (C=O) groups is 1. The van der Waals surface area contributed by atoms with E-state index >= 15 is 0 Å². The monoisotopic (exact) mass is 378 g/mol. The van der Waals surface area contributed by atoms with Crippen molar-refractivity contribution in [2.24, 2.45) is 0 Å². The van der Waals surface area contributed by atoms with Crippen LogP contribution in [0.5, 0.6) is 11.5 Å². The fourth-order valence-electron chi connectivity index (χ4n) is 3.10. The van der Waals surface area contributed by atoms with E-state index in [0.29, 0.717) is 6.54 Å². The largest absolute Gasteiger partial charge is 0.497 e. The summed E-state index contributed by atoms with van der Waals surface area (Å²) in [6, 6.07) is 19.4. The lowest BCUT2D eigenvalue weighted by molar-refractivity contribution is -0.120. The second-order valence-corrected chi connectivity index (χ2v) is 6.82. The molecule has 1 unspecified atom stereocenters. The minimum atomic E-state index is -0.307. The van der Waals surface area contributed by atoms with Gasteiger partial charge in [0.1, 0.15) is 11.5 Å². The number of carbonyl (C=O) groups excluding carboxylic acids is 1. The highest BCUT2D eigenvalue weighted by Gasteiger charge is 2.20. The summed E-state index contributed by atoms with van der Waals surface area (Å²) in [6.45, 7) is 2.48. The van der Waals surface area contributed by atoms with Crippen LogP contribution in [0.3, 0.4) is 0 Å². The Balaban J connectivity index is 1.68. The number of hydrogen-bond donors (Lipinski definition) is 1. The molecule has 0 heterocycles. The molecule has 3 aromatic carbocycles. The minimum Gasteiger partial charge on any atom is -0.497 e. The lowest BCUT2D eigenvalue weighted by Gasteiger charge is -2.25. The van der Waals surface area contributed by atoms with Gasteiger partial charge in [0.15, 0.2) is 0 Å². The summed E-state index contributed by atoms with van der Waals surface area (Å²) in [5.41, 5.74) is 1.79. The zero-order chi connectivity index (χ0) is 20.1. The number of hydrogen-bond acceptors (Lipinski definition) is 4. The minimum absolute atomic E-state index is 0.0507. The van der Waals surface area contributed by atoms with Crippen LogP contribution < -0.4 is 14.8 Å². The average Bonchev–Trinajstić information content (AvgIpc) is 2.73. The Morgan fingerprint density at radius 2 is 1.75 bits per heavy atom. The van der Waals surface area contributed by atoms with Gasteiger partial charge in [0, 0.05) is 23.9 Å². The number of rotatable bonds is 7. The lowest BCUT2D eigenvalue weighted by Crippen LogP contribution is -2.39. The predicted octanol–water partition coefficient (Wildman–Crippen LogP) is 4.32. The van der Waals surface area contributed by atoms with Crippen LogP contribution in [-0.2, 0) is 11.3 Å². The van der Waals surface area contributed by atoms with E-state index in [1.807, 2.05) is 73.5 Å². The van der Waals surface area contributed by atoms with E-state index in [-0.39, 0.29) is 11.9 Å². The van der Waals surface area contributed by atoms with Crippen LogP contribution in [0.15, 0.2) is 60.7 Å². The molecule has 0 aliphatic heterocycles. The molecule has 1 N–H and O–H groups in total. The number of nitrogens with one attached hydrogen (secondary N) is 1. The SMILES string of the molecule is COc1ccc(CN(C)C(C)C(=O)Nc2ccc3ccccc3c2)c(OC)c1. The van der Waals surface area contributed by atoms with Gasteiger partial charge in [-0.2, -0.15) is 0 Å². The van der Waals surface area contributed by atoms with Crippen molar-refractivity contribution in [1.82, 2.24) is 4.90 Å². The van der Waals surface area contributed by atoms with Crippen molar-refractivity contribution in [1.29, 1.82) is 0 Å². The molecule has 0 aliphatic rings. The highest BCUT2D eigenvalue weighted by molar-refractivity contribution is 5.97. The topological polar surface area (TPSA) is 50.8 Å². The van der Waals surface area contributed by atoms with Gasteiger partial charge in [0.2, 0.25) is 5.91 Å². The second kappa shape index (κ2) is 8.76. The Hall–Kier alpha value is -3.05. The molecular formula is C23H26N2O3. The highest BCUT2D eigenvalue weighted by atomic mass is 16.5. The van der Waals surface area contributed by atoms with Gasteiger partial charge in [-0.1, -0.05) is 36.4 Å². The summed E-state index contributed by atoms with van der Waals surface area (Å²) < 4.78 is 10.7. The van der Waals surface area contributed by atoms with Crippen molar-refractivity contribution in [3.8, 4) is 11.5 Å². The molecule has 0 fully saturated rings. The molecule has 0 saturated carbocycles. The van der Waals surface area contributed by atoms with E-state index in [0.717, 1.165) is 33.5 Å². The first-order valence-corrected chi connectivity index (χ1v) is 9.22. The molecule has 0 aromatic heterocycles. The lowest BCUT2D eigenvalue weighted by atomic mass is 10.1. The number of ether oxygens (including phenoxy) is 2. The zero-order valence-corrected chi connectivity index (χ0v) is 16.7. The molecule has 3 rings (SSSR count). The molecule has 0 spiro atoms. The Morgan fingerprint density at radius 1 is 1.00 bits per heavy atom. The van der Waals surface area contributed by atoms with Crippen molar-refractivity contribution < 1.29 is 14.3 Å². The van der Waals surface area contributed by atoms with Gasteiger partial charge >= 0.3 is 0 Å². The molecular weight excluding hydrogens is 352 g/mol. The normalized spacial score (nSPS) is 12.0. The quantitative estimate of drug-likeness (QED) is 0.665. The van der Waals surface area contributed by atoms with Crippen molar-refractivity contribution in [3.05, 3.63) is 66.2 Å². The average molecular weight is 378 g/mol. The third-order valence-corrected chi connectivity index (χ3v) is 4.97. The van der Waals surface area contributed by atoms with Gasteiger partial charge in [-0.05, 0) is 42.9 Å². The van der Waals surface area contributed by atoms with Crippen molar-refractivity contribution >= 4 is 22.4 Å². The molecule has 0 radical (unpaired) electrons. The summed E-state index contributed by atoms with van der Waals surface area (Å²) in [5, 5.41) is 5.27. The first-order chi connectivity index (χ1) is 13.5. The Kier molecular flexibility index (Phi) is 6.16. The Bertz CT molecular complexity index is 971. The number of likely N-dealkylation sites (N-methyl/N-ethyl adjacent to an activating group) is 1. The Labute approximate surface area is 165 Å². The van der Waals surface area contributed by atoms with E-state index in [1.165, 1.54) is 0 Å². The molecule has 3 aromatic rings. The number of amides is 1. The maximum absolute atomic E-state index is 12.7. The molecule has 0 saturated heterocycles. The smallest absolute Gasteiger partial charge is 0.241 e. The summed E-state index contributed by atoms with van der Waals surface area (Å²) >= 11 is 0. The van der Waals surface area contributed by atoms with E-state index in [1.54, 1.807) is 14.2 Å². The molecule has 1 atom stereocenters. The van der Waals surface area contributed by atoms with E-state index in [4.69, 9.17) is 9.47 Å². The molecule has 146 valence electrons. The van der Waals surface area contributed by atoms with Crippen LogP contribution >= 0.6 is 0 Å². The van der Waals surface area contributed by atoms with Crippen LogP contribution in [0, 0.1) is 0 Å². The van der Waals surface area contributed by atoms with Crippen LogP contribution in [0.2, 0.25) is 0 Å². The highest BCUT2D eigenvalue weighted by Crippen LogP contribution is 2.26. The van der Waals surface area contributed by atoms with E-state index < -0.39 is 0 Å². The van der Waals surface area contributed by atoms with Crippen LogP contribution in [-0.4, -0.2) is 38.1 Å². The molecule has 5 heteroatoms. The van der Waals surface area contributed by atoms with Gasteiger partial charge < -0.3 is 14.8 Å². The first-order valence-electron chi connectivity index (χ1n) is 9.22. The van der Waals surface area contributed by atoms with Gasteiger partial charge in [0.25, 0.3) is 0 Å². The fourth-order valence-corrected chi connectivity index (χ4v) is 3.10. The summed E-state index contributed by atoms with van der Waals surface area (Å²) in [5.74, 6) is 1.43. The van der Waals surface area contributed by atoms with Gasteiger partial charge in [-0.25, -0.2) is 0 Å². The number of anilines is 1. The Morgan fingerprint density at radius 3 is 2.46 bits per heavy atom. The molecule has 0 aliphatic carbocycles. The summed E-state index contributed by atoms with van der Waals surface area (Å²) in [6.07, 6.45) is 0.